The topological polar surface area (TPSA) is 172 Å². The van der Waals surface area contributed by atoms with Gasteiger partial charge >= 0.3 is 7.82 Å². The number of anilines is 1. The quantitative estimate of drug-likeness (QED) is 0.399. The number of imidazole rings is 1. The Bertz CT molecular complexity index is 883. The first-order valence-electron chi connectivity index (χ1n) is 8.99. The van der Waals surface area contributed by atoms with Gasteiger partial charge in [0.15, 0.2) is 23.2 Å². The Hall–Kier alpha value is -1.66. The molecule has 28 heavy (non-hydrogen) atoms. The zero-order valence-electron chi connectivity index (χ0n) is 14.8. The Balaban J connectivity index is 1.56. The van der Waals surface area contributed by atoms with Crippen LogP contribution in [0.2, 0.25) is 0 Å². The van der Waals surface area contributed by atoms with Crippen LogP contribution >= 0.6 is 7.82 Å². The third-order valence-electron chi connectivity index (χ3n) is 5.07. The molecule has 0 amide bonds. The second-order valence-corrected chi connectivity index (χ2v) is 8.24. The van der Waals surface area contributed by atoms with E-state index in [9.17, 15) is 14.8 Å². The van der Waals surface area contributed by atoms with Crippen molar-refractivity contribution in [2.75, 3.05) is 11.9 Å². The number of aromatic nitrogens is 4. The number of ether oxygens (including phenoxy) is 1. The van der Waals surface area contributed by atoms with Crippen LogP contribution in [0.15, 0.2) is 12.7 Å². The second kappa shape index (κ2) is 7.64. The van der Waals surface area contributed by atoms with Crippen LogP contribution in [0, 0.1) is 0 Å². The molecule has 1 saturated carbocycles. The van der Waals surface area contributed by atoms with Crippen molar-refractivity contribution in [3.05, 3.63) is 12.7 Å². The summed E-state index contributed by atoms with van der Waals surface area (Å²) in [6.45, 7) is -0.574. The number of nitrogens with one attached hydrogen (secondary N) is 1. The molecular formula is C15H22N5O7P. The van der Waals surface area contributed by atoms with E-state index in [0.717, 1.165) is 12.8 Å². The summed E-state index contributed by atoms with van der Waals surface area (Å²) in [4.78, 5) is 30.4. The molecule has 2 aliphatic rings. The summed E-state index contributed by atoms with van der Waals surface area (Å²) in [6, 6.07) is 0.326. The van der Waals surface area contributed by atoms with Crippen molar-refractivity contribution < 1.29 is 33.8 Å². The Morgan fingerprint density at radius 3 is 2.68 bits per heavy atom. The summed E-state index contributed by atoms with van der Waals surface area (Å²) in [7, 11) is -4.73. The maximum Gasteiger partial charge on any atom is 0.469 e. The van der Waals surface area contributed by atoms with E-state index in [-0.39, 0.29) is 0 Å². The van der Waals surface area contributed by atoms with Crippen LogP contribution in [0.1, 0.15) is 31.9 Å². The smallest absolute Gasteiger partial charge is 0.387 e. The number of nitrogens with zero attached hydrogens (tertiary/aromatic N) is 4. The highest BCUT2D eigenvalue weighted by Crippen LogP contribution is 2.39. The van der Waals surface area contributed by atoms with Crippen molar-refractivity contribution >= 4 is 24.8 Å². The molecule has 0 bridgehead atoms. The molecule has 4 atom stereocenters. The Labute approximate surface area is 159 Å². The standard InChI is InChI=1S/C15H22N5O7P/c21-11-9(5-26-28(23,24)25)27-15(12(11)22)20-7-18-10-13(16-6-17-14(10)20)19-8-3-1-2-4-8/h6-9,11-12,15,21-22H,1-5H2,(H,16,17,19)(H2,23,24,25)/t9-,11-,12-,15-/m1/s1. The first-order chi connectivity index (χ1) is 13.3. The predicted molar refractivity (Wildman–Crippen MR) is 95.1 cm³/mol. The molecule has 0 radical (unpaired) electrons. The number of aliphatic hydroxyl groups excluding tert-OH is 2. The lowest BCUT2D eigenvalue weighted by Gasteiger charge is -2.17. The fourth-order valence-corrected chi connectivity index (χ4v) is 4.02. The Morgan fingerprint density at radius 2 is 1.96 bits per heavy atom. The van der Waals surface area contributed by atoms with Gasteiger partial charge in [0.2, 0.25) is 0 Å². The lowest BCUT2D eigenvalue weighted by Crippen LogP contribution is -2.33. The minimum absolute atomic E-state index is 0.326. The van der Waals surface area contributed by atoms with Crippen LogP contribution in [0.25, 0.3) is 11.2 Å². The van der Waals surface area contributed by atoms with Crippen molar-refractivity contribution in [1.29, 1.82) is 0 Å². The molecule has 12 nitrogen and oxygen atoms in total. The summed E-state index contributed by atoms with van der Waals surface area (Å²) in [5.74, 6) is 0.588. The zero-order chi connectivity index (χ0) is 19.9. The van der Waals surface area contributed by atoms with Crippen molar-refractivity contribution in [3.63, 3.8) is 0 Å². The number of fused-ring (bicyclic) bond motifs is 1. The van der Waals surface area contributed by atoms with Crippen molar-refractivity contribution in [2.45, 2.75) is 56.3 Å². The molecule has 1 saturated heterocycles. The average Bonchev–Trinajstić information content (AvgIpc) is 3.35. The molecule has 3 heterocycles. The number of aliphatic hydroxyl groups is 2. The molecule has 2 aromatic heterocycles. The molecule has 1 aliphatic carbocycles. The number of rotatable bonds is 6. The van der Waals surface area contributed by atoms with Gasteiger partial charge in [0.05, 0.1) is 12.9 Å². The molecule has 1 aliphatic heterocycles. The van der Waals surface area contributed by atoms with Crippen LogP contribution in [-0.2, 0) is 13.8 Å². The monoisotopic (exact) mass is 415 g/mol. The second-order valence-electron chi connectivity index (χ2n) is 7.00. The van der Waals surface area contributed by atoms with E-state index >= 15 is 0 Å². The number of hydrogen-bond donors (Lipinski definition) is 5. The van der Waals surface area contributed by atoms with Gasteiger partial charge in [-0.1, -0.05) is 12.8 Å². The van der Waals surface area contributed by atoms with Gasteiger partial charge in [0.1, 0.15) is 24.6 Å². The van der Waals surface area contributed by atoms with E-state index < -0.39 is 39.0 Å². The van der Waals surface area contributed by atoms with E-state index in [2.05, 4.69) is 24.8 Å². The van der Waals surface area contributed by atoms with E-state index in [0.29, 0.717) is 23.0 Å². The fourth-order valence-electron chi connectivity index (χ4n) is 3.67. The number of phosphoric acid groups is 1. The van der Waals surface area contributed by atoms with E-state index in [1.807, 2.05) is 0 Å². The maximum absolute atomic E-state index is 10.9. The van der Waals surface area contributed by atoms with E-state index in [4.69, 9.17) is 14.5 Å². The van der Waals surface area contributed by atoms with Crippen molar-refractivity contribution in [3.8, 4) is 0 Å². The minimum atomic E-state index is -4.73. The summed E-state index contributed by atoms with van der Waals surface area (Å²) < 4.78 is 22.3. The van der Waals surface area contributed by atoms with Crippen LogP contribution in [0.5, 0.6) is 0 Å². The highest BCUT2D eigenvalue weighted by molar-refractivity contribution is 7.46. The van der Waals surface area contributed by atoms with Gasteiger partial charge in [0, 0.05) is 6.04 Å². The van der Waals surface area contributed by atoms with Crippen molar-refractivity contribution in [1.82, 2.24) is 19.5 Å². The molecule has 0 unspecified atom stereocenters. The van der Waals surface area contributed by atoms with E-state index in [1.54, 1.807) is 0 Å². The number of hydrogen-bond acceptors (Lipinski definition) is 9. The molecule has 0 spiro atoms. The lowest BCUT2D eigenvalue weighted by molar-refractivity contribution is -0.0504. The van der Waals surface area contributed by atoms with E-state index in [1.165, 1.54) is 30.1 Å². The SMILES string of the molecule is O=P(O)(O)OC[C@H]1O[C@@H](n2cnc3c(NC4CCCC4)ncnc32)[C@H](O)[C@@H]1O. The van der Waals surface area contributed by atoms with Crippen LogP contribution in [0.3, 0.4) is 0 Å². The molecule has 5 N–H and O–H groups in total. The summed E-state index contributed by atoms with van der Waals surface area (Å²) >= 11 is 0. The average molecular weight is 415 g/mol. The molecule has 4 rings (SSSR count). The molecule has 2 fully saturated rings. The van der Waals surface area contributed by atoms with Gasteiger partial charge in [-0.05, 0) is 12.8 Å². The van der Waals surface area contributed by atoms with Gasteiger partial charge in [-0.15, -0.1) is 0 Å². The fraction of sp³-hybridized carbons (Fsp3) is 0.667. The first kappa shape index (κ1) is 19.6. The summed E-state index contributed by atoms with van der Waals surface area (Å²) in [5.41, 5.74) is 0.915. The van der Waals surface area contributed by atoms with Gasteiger partial charge < -0.3 is 30.1 Å². The van der Waals surface area contributed by atoms with Crippen LogP contribution < -0.4 is 5.32 Å². The van der Waals surface area contributed by atoms with Gasteiger partial charge in [-0.2, -0.15) is 0 Å². The zero-order valence-corrected chi connectivity index (χ0v) is 15.7. The van der Waals surface area contributed by atoms with Crippen LogP contribution in [-0.4, -0.2) is 70.5 Å². The van der Waals surface area contributed by atoms with Crippen LogP contribution in [0.4, 0.5) is 5.82 Å². The predicted octanol–water partition coefficient (Wildman–Crippen LogP) is -0.0907. The molecule has 13 heteroatoms. The first-order valence-corrected chi connectivity index (χ1v) is 10.5. The van der Waals surface area contributed by atoms with Gasteiger partial charge in [0.25, 0.3) is 0 Å². The molecule has 2 aromatic rings. The summed E-state index contributed by atoms with van der Waals surface area (Å²) in [5, 5.41) is 23.9. The molecular weight excluding hydrogens is 393 g/mol. The third kappa shape index (κ3) is 3.90. The third-order valence-corrected chi connectivity index (χ3v) is 5.56. The minimum Gasteiger partial charge on any atom is -0.387 e. The highest BCUT2D eigenvalue weighted by atomic mass is 31.2. The number of phosphoric ester groups is 1. The van der Waals surface area contributed by atoms with Crippen molar-refractivity contribution in [2.24, 2.45) is 0 Å². The molecule has 154 valence electrons. The highest BCUT2D eigenvalue weighted by Gasteiger charge is 2.45. The maximum atomic E-state index is 10.9. The largest absolute Gasteiger partial charge is 0.469 e. The van der Waals surface area contributed by atoms with Gasteiger partial charge in [-0.25, -0.2) is 19.5 Å². The molecule has 0 aromatic carbocycles. The lowest BCUT2D eigenvalue weighted by atomic mass is 10.1. The summed E-state index contributed by atoms with van der Waals surface area (Å²) in [6.07, 6.45) is 2.33. The normalized spacial score (nSPS) is 29.0. The van der Waals surface area contributed by atoms with Gasteiger partial charge in [-0.3, -0.25) is 9.09 Å². The Morgan fingerprint density at radius 1 is 1.21 bits per heavy atom. The Kier molecular flexibility index (Phi) is 5.36.